The summed E-state index contributed by atoms with van der Waals surface area (Å²) in [6, 6.07) is 9.41. The molecular weight excluding hydrogens is 1200 g/mol. The van der Waals surface area contributed by atoms with Crippen molar-refractivity contribution in [2.24, 2.45) is 5.92 Å². The number of thiazole rings is 6. The van der Waals surface area contributed by atoms with Gasteiger partial charge in [0.1, 0.15) is 82.2 Å². The average molecular weight is 1250 g/mol. The van der Waals surface area contributed by atoms with Crippen molar-refractivity contribution in [1.82, 2.24) is 61.5 Å². The van der Waals surface area contributed by atoms with E-state index < -0.39 is 72.4 Å². The minimum atomic E-state index is -1.28. The molecule has 0 unspecified atom stereocenters. The summed E-state index contributed by atoms with van der Waals surface area (Å²) in [5, 5.41) is 46.5. The first-order valence-electron chi connectivity index (χ1n) is 26.1. The number of carbonyl (C=O) groups excluding carboxylic acids is 6. The zero-order valence-corrected chi connectivity index (χ0v) is 50.4. The van der Waals surface area contributed by atoms with E-state index >= 15 is 0 Å². The fourth-order valence-electron chi connectivity index (χ4n) is 8.50. The number of pyridine rings is 1. The van der Waals surface area contributed by atoms with Crippen LogP contribution in [0, 0.1) is 12.8 Å². The monoisotopic (exact) mass is 1250 g/mol. The molecule has 7 aromatic heterocycles. The molecule has 0 aliphatic carbocycles. The molecule has 1 aliphatic heterocycles. The maximum Gasteiger partial charge on any atom is 0.412 e. The van der Waals surface area contributed by atoms with E-state index in [0.717, 1.165) is 22.7 Å². The van der Waals surface area contributed by atoms with Gasteiger partial charge in [-0.15, -0.1) is 68.0 Å². The largest absolute Gasteiger partial charge is 0.481 e. The van der Waals surface area contributed by atoms with Crippen LogP contribution in [0.3, 0.4) is 0 Å². The smallest absolute Gasteiger partial charge is 0.412 e. The molecule has 8 aromatic rings. The van der Waals surface area contributed by atoms with Gasteiger partial charge in [0.15, 0.2) is 0 Å². The van der Waals surface area contributed by atoms with Gasteiger partial charge in [0, 0.05) is 52.5 Å². The van der Waals surface area contributed by atoms with E-state index in [1.165, 1.54) is 59.5 Å². The first-order valence-corrected chi connectivity index (χ1v) is 31.2. The number of carbonyl (C=O) groups is 7. The maximum absolute atomic E-state index is 14.3. The summed E-state index contributed by atoms with van der Waals surface area (Å²) in [7, 11) is 2.93. The van der Waals surface area contributed by atoms with Crippen LogP contribution in [0.15, 0.2) is 64.0 Å². The quantitative estimate of drug-likeness (QED) is 0.0446. The van der Waals surface area contributed by atoms with Crippen molar-refractivity contribution >= 4 is 115 Å². The lowest BCUT2D eigenvalue weighted by Crippen LogP contribution is -2.40. The van der Waals surface area contributed by atoms with Crippen molar-refractivity contribution in [3.8, 4) is 43.4 Å². The van der Waals surface area contributed by atoms with Crippen molar-refractivity contribution in [1.29, 1.82) is 0 Å². The molecule has 10 bridgehead atoms. The van der Waals surface area contributed by atoms with Gasteiger partial charge in [-0.3, -0.25) is 34.1 Å². The SMILES string of the molecule is CNC(=O)C[C@@H]1NC(=O)c2csc(n2)-c2ccc(-c3nc(NC(=O)OCCCCCC(=O)O)cs3)nc2-c2csc(n2)-c2csc(n2)[C@H]([C@@H](O)c2ccccc2)NC(=O)CNC(=O)c2nc(sc2COC)[C@H](C(C)C)NC(=O)c2nc1sc2C. The van der Waals surface area contributed by atoms with Crippen LogP contribution in [0.2, 0.25) is 0 Å². The van der Waals surface area contributed by atoms with Gasteiger partial charge in [0.2, 0.25) is 11.8 Å². The molecule has 0 spiro atoms. The van der Waals surface area contributed by atoms with Crippen molar-refractivity contribution in [3.63, 3.8) is 0 Å². The third-order valence-electron chi connectivity index (χ3n) is 12.7. The number of ether oxygens (including phenoxy) is 2. The summed E-state index contributed by atoms with van der Waals surface area (Å²) in [6.07, 6.45) is -0.669. The van der Waals surface area contributed by atoms with Crippen LogP contribution < -0.4 is 31.9 Å². The molecule has 8 heterocycles. The van der Waals surface area contributed by atoms with E-state index in [4.69, 9.17) is 34.5 Å². The number of methoxy groups -OCH3 is 1. The van der Waals surface area contributed by atoms with Crippen LogP contribution >= 0.6 is 68.0 Å². The van der Waals surface area contributed by atoms with Crippen LogP contribution in [-0.2, 0) is 30.5 Å². The highest BCUT2D eigenvalue weighted by molar-refractivity contribution is 7.15. The maximum atomic E-state index is 14.3. The van der Waals surface area contributed by atoms with E-state index in [1.807, 2.05) is 13.8 Å². The van der Waals surface area contributed by atoms with E-state index in [1.54, 1.807) is 70.9 Å². The molecule has 1 aliphatic rings. The van der Waals surface area contributed by atoms with Crippen molar-refractivity contribution in [3.05, 3.63) is 111 Å². The molecule has 4 atom stereocenters. The Balaban J connectivity index is 1.09. The molecule has 84 heavy (non-hydrogen) atoms. The molecule has 0 saturated heterocycles. The van der Waals surface area contributed by atoms with Gasteiger partial charge in [0.05, 0.1) is 48.8 Å². The lowest BCUT2D eigenvalue weighted by molar-refractivity contribution is -0.137. The molecular formula is C54H55N13O11S6. The molecule has 24 nitrogen and oxygen atoms in total. The average Bonchev–Trinajstić information content (AvgIpc) is 3.24. The fourth-order valence-corrected chi connectivity index (χ4v) is 14.0. The van der Waals surface area contributed by atoms with E-state index in [-0.39, 0.29) is 59.9 Å². The minimum Gasteiger partial charge on any atom is -0.481 e. The Morgan fingerprint density at radius 2 is 1.43 bits per heavy atom. The Kier molecular flexibility index (Phi) is 20.0. The Hall–Kier alpha value is -7.84. The van der Waals surface area contributed by atoms with Gasteiger partial charge in [-0.2, -0.15) is 0 Å². The van der Waals surface area contributed by atoms with E-state index in [2.05, 4.69) is 46.9 Å². The zero-order chi connectivity index (χ0) is 59.6. The summed E-state index contributed by atoms with van der Waals surface area (Å²) in [5.74, 6) is -3.84. The molecule has 0 radical (unpaired) electrons. The highest BCUT2D eigenvalue weighted by Gasteiger charge is 2.33. The number of hydrogen-bond donors (Lipinski definition) is 8. The summed E-state index contributed by atoms with van der Waals surface area (Å²) in [6.45, 7) is 5.03. The number of unbranched alkanes of at least 4 members (excludes halogenated alkanes) is 2. The first-order chi connectivity index (χ1) is 40.5. The van der Waals surface area contributed by atoms with Gasteiger partial charge in [-0.25, -0.2) is 39.7 Å². The third kappa shape index (κ3) is 14.7. The number of aromatic nitrogens is 7. The normalized spacial score (nSPS) is 16.2. The highest BCUT2D eigenvalue weighted by atomic mass is 32.1. The second kappa shape index (κ2) is 27.7. The number of aryl methyl sites for hydroxylation is 1. The number of aliphatic hydroxyl groups excluding tert-OH is 1. The lowest BCUT2D eigenvalue weighted by atomic mass is 10.0. The topological polar surface area (TPSA) is 341 Å². The third-order valence-corrected chi connectivity index (χ3v) is 18.5. The van der Waals surface area contributed by atoms with Gasteiger partial charge >= 0.3 is 12.1 Å². The number of nitrogens with one attached hydrogen (secondary N) is 6. The Morgan fingerprint density at radius 1 is 0.702 bits per heavy atom. The summed E-state index contributed by atoms with van der Waals surface area (Å²) < 4.78 is 10.7. The van der Waals surface area contributed by atoms with Crippen molar-refractivity contribution in [2.75, 3.05) is 32.6 Å². The molecule has 0 fully saturated rings. The second-order valence-electron chi connectivity index (χ2n) is 19.1. The van der Waals surface area contributed by atoms with Crippen molar-refractivity contribution in [2.45, 2.75) is 83.7 Å². The van der Waals surface area contributed by atoms with Crippen LogP contribution in [-0.4, -0.2) is 114 Å². The van der Waals surface area contributed by atoms with Gasteiger partial charge in [-0.1, -0.05) is 44.2 Å². The molecule has 438 valence electrons. The predicted molar refractivity (Wildman–Crippen MR) is 318 cm³/mol. The number of aliphatic hydroxyl groups is 1. The minimum absolute atomic E-state index is 0.00183. The van der Waals surface area contributed by atoms with Crippen LogP contribution in [0.1, 0.15) is 132 Å². The lowest BCUT2D eigenvalue weighted by Gasteiger charge is -2.23. The Morgan fingerprint density at radius 3 is 2.19 bits per heavy atom. The number of hydrogen-bond acceptors (Lipinski definition) is 23. The summed E-state index contributed by atoms with van der Waals surface area (Å²) >= 11 is 7.11. The first kappa shape index (κ1) is 60.7. The molecule has 8 N–H and O–H groups in total. The molecule has 6 amide bonds. The summed E-state index contributed by atoms with van der Waals surface area (Å²) in [5.41, 5.74) is 2.61. The standard InChI is InChI=1S/C54H55N13O11S6/c1-25(2)39-53-67-42(34(84-53)20-77-5)46(74)56-19-37(69)64-43(44(72)27-12-8-6-9-13-27)52-61-33(23-81-52)50-59-31(21-80-50)41-28(15-16-29(57-41)49-62-35(24-82-49)63-54(76)78-17-11-7-10-14-38(70)71)48-60-32(22-79-48)45(73)58-30(18-36(68)55-4)51-66-40(26(3)83-51)47(75)65-39/h6,8-9,12-13,15-16,21-25,30,39,43-44,72H,7,10-11,14,17-20H2,1-5H3,(H,55,68)(H,56,74)(H,58,73)(H,63,76)(H,64,69)(H,65,75)(H,70,71)/t30-,39-,43-,44-/m0/s1. The molecule has 0 saturated carbocycles. The van der Waals surface area contributed by atoms with Crippen molar-refractivity contribution < 1.29 is 53.2 Å². The number of anilines is 1. The van der Waals surface area contributed by atoms with Gasteiger partial charge < -0.3 is 46.3 Å². The number of fused-ring (bicyclic) bond motifs is 14. The number of rotatable bonds is 15. The number of amides is 6. The van der Waals surface area contributed by atoms with E-state index in [0.29, 0.717) is 88.0 Å². The number of benzene rings is 1. The van der Waals surface area contributed by atoms with E-state index in [9.17, 15) is 38.7 Å². The highest BCUT2D eigenvalue weighted by Crippen LogP contribution is 2.40. The Labute approximate surface area is 504 Å². The second-order valence-corrected chi connectivity index (χ2v) is 25.0. The molecule has 1 aromatic carbocycles. The van der Waals surface area contributed by atoms with Crippen LogP contribution in [0.25, 0.3) is 43.4 Å². The fraction of sp³-hybridized carbons (Fsp3) is 0.333. The number of carboxylic acids is 1. The van der Waals surface area contributed by atoms with Gasteiger partial charge in [-0.05, 0) is 49.8 Å². The molecule has 30 heteroatoms. The number of nitrogens with zero attached hydrogens (tertiary/aromatic N) is 7. The Bertz CT molecular complexity index is 3700. The zero-order valence-electron chi connectivity index (χ0n) is 45.5. The molecule has 9 rings (SSSR count). The summed E-state index contributed by atoms with van der Waals surface area (Å²) in [4.78, 5) is 128. The number of aliphatic carboxylic acids is 1. The predicted octanol–water partition coefficient (Wildman–Crippen LogP) is 8.51. The van der Waals surface area contributed by atoms with Gasteiger partial charge in [0.25, 0.3) is 17.7 Å². The van der Waals surface area contributed by atoms with Crippen LogP contribution in [0.4, 0.5) is 10.6 Å². The van der Waals surface area contributed by atoms with Crippen LogP contribution in [0.5, 0.6) is 0 Å². The number of carboxylic acid groups (broad SMARTS) is 1.